The van der Waals surface area contributed by atoms with Crippen LogP contribution in [0.1, 0.15) is 13.3 Å². The summed E-state index contributed by atoms with van der Waals surface area (Å²) in [5.74, 6) is -42.1. The molecule has 0 nitrogen and oxygen atoms in total. The lowest BCUT2D eigenvalue weighted by Gasteiger charge is -2.38. The summed E-state index contributed by atoms with van der Waals surface area (Å²) in [5, 5.41) is 0. The molecule has 0 saturated heterocycles. The molecule has 0 aliphatic heterocycles. The van der Waals surface area contributed by atoms with Gasteiger partial charge in [-0.1, -0.05) is 0 Å². The fourth-order valence-electron chi connectivity index (χ4n) is 1.15. The van der Waals surface area contributed by atoms with Crippen LogP contribution in [0.15, 0.2) is 0 Å². The van der Waals surface area contributed by atoms with Crippen molar-refractivity contribution in [2.45, 2.75) is 55.1 Å². The van der Waals surface area contributed by atoms with E-state index < -0.39 is 55.1 Å². The van der Waals surface area contributed by atoms with Gasteiger partial charge in [-0.15, -0.1) is 0 Å². The van der Waals surface area contributed by atoms with Gasteiger partial charge in [-0.2, -0.15) is 57.1 Å². The molecular formula is C9H5F15. The van der Waals surface area contributed by atoms with E-state index in [1.165, 1.54) is 0 Å². The van der Waals surface area contributed by atoms with Crippen molar-refractivity contribution < 1.29 is 65.9 Å². The van der Waals surface area contributed by atoms with E-state index in [1.54, 1.807) is 0 Å². The predicted molar refractivity (Wildman–Crippen MR) is 46.0 cm³/mol. The van der Waals surface area contributed by atoms with Gasteiger partial charge in [0.15, 0.2) is 0 Å². The van der Waals surface area contributed by atoms with Gasteiger partial charge in [-0.3, -0.25) is 0 Å². The van der Waals surface area contributed by atoms with Crippen LogP contribution in [0.25, 0.3) is 0 Å². The molecule has 0 heterocycles. The number of hydrogen-bond donors (Lipinski definition) is 0. The van der Waals surface area contributed by atoms with Crippen LogP contribution in [0.5, 0.6) is 0 Å². The monoisotopic (exact) mass is 398 g/mol. The number of hydrogen-bond acceptors (Lipinski definition) is 0. The van der Waals surface area contributed by atoms with Crippen LogP contribution in [0.2, 0.25) is 0 Å². The zero-order chi connectivity index (χ0) is 20.2. The van der Waals surface area contributed by atoms with Crippen LogP contribution in [-0.4, -0.2) is 41.7 Å². The van der Waals surface area contributed by atoms with Crippen molar-refractivity contribution in [1.29, 1.82) is 0 Å². The SMILES string of the molecule is CC(F)(F)C(F)(F)CC(F)(F)C(F)(F)C(F)(F)C(F)(F)C(F)(F)F. The molecule has 0 aliphatic carbocycles. The average Bonchev–Trinajstić information content (AvgIpc) is 2.23. The molecule has 0 unspecified atom stereocenters. The Kier molecular flexibility index (Phi) is 5.23. The fraction of sp³-hybridized carbons (Fsp3) is 1.00. The molecule has 0 N–H and O–H groups in total. The van der Waals surface area contributed by atoms with Gasteiger partial charge in [0.05, 0.1) is 6.42 Å². The van der Waals surface area contributed by atoms with Crippen LogP contribution < -0.4 is 0 Å². The number of halogens is 15. The molecule has 146 valence electrons. The van der Waals surface area contributed by atoms with Crippen molar-refractivity contribution in [2.24, 2.45) is 0 Å². The molecule has 15 heteroatoms. The lowest BCUT2D eigenvalue weighted by Crippen LogP contribution is -2.67. The minimum atomic E-state index is -7.92. The van der Waals surface area contributed by atoms with Crippen LogP contribution in [-0.2, 0) is 0 Å². The summed E-state index contributed by atoms with van der Waals surface area (Å²) in [6.45, 7) is -0.788. The Labute approximate surface area is 122 Å². The molecule has 0 bridgehead atoms. The van der Waals surface area contributed by atoms with Gasteiger partial charge in [-0.05, 0) is 0 Å². The molecule has 0 spiro atoms. The van der Waals surface area contributed by atoms with E-state index in [0.29, 0.717) is 0 Å². The second-order valence-corrected chi connectivity index (χ2v) is 4.69. The predicted octanol–water partition coefficient (Wildman–Crippen LogP) is 5.77. The second-order valence-electron chi connectivity index (χ2n) is 4.69. The third kappa shape index (κ3) is 3.34. The molecule has 24 heavy (non-hydrogen) atoms. The minimum Gasteiger partial charge on any atom is -0.200 e. The quantitative estimate of drug-likeness (QED) is 0.499. The van der Waals surface area contributed by atoms with Gasteiger partial charge in [0.1, 0.15) is 0 Å². The fourth-order valence-corrected chi connectivity index (χ4v) is 1.15. The Morgan fingerprint density at radius 1 is 0.458 bits per heavy atom. The Balaban J connectivity index is 6.04. The standard InChI is InChI=1S/C9H5F15/c1-3(10,11)4(12,13)2-5(14,15)6(16,17)7(18,19)8(20,21)9(22,23)24/h2H2,1H3. The van der Waals surface area contributed by atoms with E-state index in [9.17, 15) is 65.9 Å². The maximum absolute atomic E-state index is 12.9. The zero-order valence-electron chi connectivity index (χ0n) is 10.9. The van der Waals surface area contributed by atoms with Crippen molar-refractivity contribution in [3.8, 4) is 0 Å². The first-order valence-corrected chi connectivity index (χ1v) is 5.29. The van der Waals surface area contributed by atoms with Gasteiger partial charge in [0.25, 0.3) is 0 Å². The molecule has 0 aliphatic rings. The third-order valence-corrected chi connectivity index (χ3v) is 2.69. The van der Waals surface area contributed by atoms with E-state index >= 15 is 0 Å². The highest BCUT2D eigenvalue weighted by Crippen LogP contribution is 2.59. The first-order chi connectivity index (χ1) is 9.96. The van der Waals surface area contributed by atoms with Crippen molar-refractivity contribution >= 4 is 0 Å². The molecule has 0 atom stereocenters. The highest BCUT2D eigenvalue weighted by molar-refractivity contribution is 5.07. The first-order valence-electron chi connectivity index (χ1n) is 5.29. The van der Waals surface area contributed by atoms with Crippen LogP contribution in [0, 0.1) is 0 Å². The van der Waals surface area contributed by atoms with Crippen molar-refractivity contribution in [3.63, 3.8) is 0 Å². The molecule has 0 saturated carbocycles. The summed E-state index contributed by atoms with van der Waals surface area (Å²) in [6, 6.07) is 0. The molecule has 0 rings (SSSR count). The highest BCUT2D eigenvalue weighted by atomic mass is 19.4. The summed E-state index contributed by atoms with van der Waals surface area (Å²) in [5.41, 5.74) is 0. The van der Waals surface area contributed by atoms with E-state index in [-0.39, 0.29) is 0 Å². The highest BCUT2D eigenvalue weighted by Gasteiger charge is 2.87. The van der Waals surface area contributed by atoms with Gasteiger partial charge >= 0.3 is 41.7 Å². The Morgan fingerprint density at radius 2 is 0.792 bits per heavy atom. The smallest absolute Gasteiger partial charge is 0.200 e. The van der Waals surface area contributed by atoms with Gasteiger partial charge < -0.3 is 0 Å². The lowest BCUT2D eigenvalue weighted by atomic mass is 9.92. The number of alkyl halides is 15. The van der Waals surface area contributed by atoms with Crippen LogP contribution in [0.4, 0.5) is 65.9 Å². The Morgan fingerprint density at radius 3 is 1.04 bits per heavy atom. The molecule has 0 aromatic heterocycles. The van der Waals surface area contributed by atoms with Gasteiger partial charge in [0, 0.05) is 6.92 Å². The van der Waals surface area contributed by atoms with Crippen molar-refractivity contribution in [3.05, 3.63) is 0 Å². The molecule has 0 radical (unpaired) electrons. The molecule has 0 aromatic carbocycles. The van der Waals surface area contributed by atoms with Gasteiger partial charge in [0.2, 0.25) is 0 Å². The molecule has 0 fully saturated rings. The van der Waals surface area contributed by atoms with E-state index in [0.717, 1.165) is 0 Å². The Hall–Kier alpha value is -1.05. The normalized spacial score (nSPS) is 16.5. The summed E-state index contributed by atoms with van der Waals surface area (Å²) >= 11 is 0. The Bertz CT molecular complexity index is 451. The zero-order valence-corrected chi connectivity index (χ0v) is 10.9. The molecular weight excluding hydrogens is 393 g/mol. The van der Waals surface area contributed by atoms with Gasteiger partial charge in [-0.25, -0.2) is 8.78 Å². The topological polar surface area (TPSA) is 0 Å². The summed E-state index contributed by atoms with van der Waals surface area (Å²) in [7, 11) is 0. The van der Waals surface area contributed by atoms with E-state index in [2.05, 4.69) is 0 Å². The second kappa shape index (κ2) is 5.47. The average molecular weight is 398 g/mol. The maximum Gasteiger partial charge on any atom is 0.460 e. The summed E-state index contributed by atoms with van der Waals surface area (Å²) in [6.07, 6.45) is -11.6. The van der Waals surface area contributed by atoms with Crippen molar-refractivity contribution in [2.75, 3.05) is 0 Å². The van der Waals surface area contributed by atoms with Crippen LogP contribution in [0.3, 0.4) is 0 Å². The van der Waals surface area contributed by atoms with E-state index in [4.69, 9.17) is 0 Å². The third-order valence-electron chi connectivity index (χ3n) is 2.69. The van der Waals surface area contributed by atoms with Crippen molar-refractivity contribution in [1.82, 2.24) is 0 Å². The summed E-state index contributed by atoms with van der Waals surface area (Å²) in [4.78, 5) is 0. The van der Waals surface area contributed by atoms with E-state index in [1.807, 2.05) is 0 Å². The minimum absolute atomic E-state index is 0.788. The first kappa shape index (κ1) is 22.9. The van der Waals surface area contributed by atoms with Crippen LogP contribution >= 0.6 is 0 Å². The number of rotatable bonds is 6. The lowest BCUT2D eigenvalue weighted by molar-refractivity contribution is -0.426. The summed E-state index contributed by atoms with van der Waals surface area (Å²) < 4.78 is 187. The molecule has 0 aromatic rings. The molecule has 0 amide bonds. The maximum atomic E-state index is 12.9. The largest absolute Gasteiger partial charge is 0.460 e.